The number of rotatable bonds is 5. The van der Waals surface area contributed by atoms with Crippen molar-refractivity contribution in [3.63, 3.8) is 0 Å². The quantitative estimate of drug-likeness (QED) is 0.611. The van der Waals surface area contributed by atoms with Gasteiger partial charge in [-0.05, 0) is 19.1 Å². The number of aliphatic hydroxyl groups is 2. The smallest absolute Gasteiger partial charge is 0.338 e. The molecule has 0 spiro atoms. The lowest BCUT2D eigenvalue weighted by Gasteiger charge is -2.29. The predicted molar refractivity (Wildman–Crippen MR) is 93.3 cm³/mol. The highest BCUT2D eigenvalue weighted by Gasteiger charge is 2.50. The topological polar surface area (TPSA) is 131 Å². The van der Waals surface area contributed by atoms with Crippen molar-refractivity contribution in [1.82, 2.24) is 9.55 Å². The molecule has 1 aliphatic heterocycles. The first-order chi connectivity index (χ1) is 12.9. The first-order valence-corrected chi connectivity index (χ1v) is 8.37. The average Bonchev–Trinajstić information content (AvgIpc) is 3.00. The van der Waals surface area contributed by atoms with Gasteiger partial charge in [0.05, 0.1) is 18.3 Å². The van der Waals surface area contributed by atoms with E-state index in [9.17, 15) is 24.6 Å². The van der Waals surface area contributed by atoms with Crippen molar-refractivity contribution in [2.75, 3.05) is 13.2 Å². The maximum atomic E-state index is 12.1. The SMILES string of the molecule is Cc1cn([C@H]2C[C@H](O)[C@](CO)(COC(=O)c3ccccc3)O2)c(=O)[nH]c1=O. The van der Waals surface area contributed by atoms with Crippen molar-refractivity contribution < 1.29 is 24.5 Å². The van der Waals surface area contributed by atoms with Gasteiger partial charge in [-0.25, -0.2) is 9.59 Å². The van der Waals surface area contributed by atoms with Crippen molar-refractivity contribution >= 4 is 5.97 Å². The molecule has 0 bridgehead atoms. The lowest BCUT2D eigenvalue weighted by molar-refractivity contribution is -0.151. The van der Waals surface area contributed by atoms with Crippen LogP contribution in [0.3, 0.4) is 0 Å². The molecule has 27 heavy (non-hydrogen) atoms. The second kappa shape index (κ2) is 7.47. The first kappa shape index (κ1) is 19.0. The third kappa shape index (κ3) is 3.70. The maximum Gasteiger partial charge on any atom is 0.338 e. The van der Waals surface area contributed by atoms with E-state index in [1.165, 1.54) is 13.1 Å². The fourth-order valence-electron chi connectivity index (χ4n) is 2.94. The molecule has 3 N–H and O–H groups in total. The Kier molecular flexibility index (Phi) is 5.26. The van der Waals surface area contributed by atoms with Crippen molar-refractivity contribution in [3.05, 3.63) is 68.5 Å². The summed E-state index contributed by atoms with van der Waals surface area (Å²) in [7, 11) is 0. The van der Waals surface area contributed by atoms with Gasteiger partial charge in [0.1, 0.15) is 12.8 Å². The van der Waals surface area contributed by atoms with Gasteiger partial charge in [0.25, 0.3) is 5.56 Å². The highest BCUT2D eigenvalue weighted by atomic mass is 16.6. The van der Waals surface area contributed by atoms with Gasteiger partial charge in [-0.1, -0.05) is 18.2 Å². The van der Waals surface area contributed by atoms with Gasteiger partial charge in [0, 0.05) is 18.2 Å². The number of benzene rings is 1. The minimum absolute atomic E-state index is 0.0190. The van der Waals surface area contributed by atoms with E-state index in [-0.39, 0.29) is 6.42 Å². The number of H-pyrrole nitrogens is 1. The number of carbonyl (C=O) groups is 1. The van der Waals surface area contributed by atoms with Gasteiger partial charge in [-0.15, -0.1) is 0 Å². The second-order valence-electron chi connectivity index (χ2n) is 6.47. The normalized spacial score (nSPS) is 24.7. The molecule has 9 nitrogen and oxygen atoms in total. The number of esters is 1. The molecule has 0 aliphatic carbocycles. The lowest BCUT2D eigenvalue weighted by Crippen LogP contribution is -2.48. The lowest BCUT2D eigenvalue weighted by atomic mass is 9.99. The number of hydrogen-bond donors (Lipinski definition) is 3. The molecule has 0 amide bonds. The molecule has 1 aromatic heterocycles. The number of aromatic amines is 1. The molecule has 3 atom stereocenters. The molecule has 3 rings (SSSR count). The van der Waals surface area contributed by atoms with Crippen molar-refractivity contribution in [2.45, 2.75) is 31.3 Å². The van der Waals surface area contributed by atoms with E-state index in [1.807, 2.05) is 0 Å². The number of aromatic nitrogens is 2. The number of nitrogens with one attached hydrogen (secondary N) is 1. The summed E-state index contributed by atoms with van der Waals surface area (Å²) in [4.78, 5) is 37.8. The van der Waals surface area contributed by atoms with Crippen LogP contribution >= 0.6 is 0 Å². The summed E-state index contributed by atoms with van der Waals surface area (Å²) in [6.45, 7) is 0.511. The van der Waals surface area contributed by atoms with Crippen LogP contribution in [-0.2, 0) is 9.47 Å². The molecule has 2 aromatic rings. The second-order valence-corrected chi connectivity index (χ2v) is 6.47. The van der Waals surface area contributed by atoms with E-state index in [2.05, 4.69) is 4.98 Å². The molecule has 9 heteroatoms. The number of aliphatic hydroxyl groups excluding tert-OH is 2. The van der Waals surface area contributed by atoms with Crippen LogP contribution in [0, 0.1) is 6.92 Å². The molecule has 1 saturated heterocycles. The zero-order chi connectivity index (χ0) is 19.6. The van der Waals surface area contributed by atoms with Crippen LogP contribution in [0.2, 0.25) is 0 Å². The molecule has 1 fully saturated rings. The number of carbonyl (C=O) groups excluding carboxylic acids is 1. The van der Waals surface area contributed by atoms with Crippen molar-refractivity contribution in [1.29, 1.82) is 0 Å². The molecular formula is C18H20N2O7. The Hall–Kier alpha value is -2.75. The van der Waals surface area contributed by atoms with Gasteiger partial charge >= 0.3 is 11.7 Å². The van der Waals surface area contributed by atoms with Crippen molar-refractivity contribution in [2.24, 2.45) is 0 Å². The average molecular weight is 376 g/mol. The molecule has 0 radical (unpaired) electrons. The Morgan fingerprint density at radius 1 is 1.37 bits per heavy atom. The van der Waals surface area contributed by atoms with Gasteiger partial charge in [0.15, 0.2) is 5.60 Å². The monoisotopic (exact) mass is 376 g/mol. The maximum absolute atomic E-state index is 12.1. The van der Waals surface area contributed by atoms with E-state index >= 15 is 0 Å². The Bertz CT molecular complexity index is 937. The minimum atomic E-state index is -1.57. The number of nitrogens with zero attached hydrogens (tertiary/aromatic N) is 1. The summed E-state index contributed by atoms with van der Waals surface area (Å²) >= 11 is 0. The Balaban J connectivity index is 1.78. The van der Waals surface area contributed by atoms with Gasteiger partial charge < -0.3 is 19.7 Å². The minimum Gasteiger partial charge on any atom is -0.459 e. The van der Waals surface area contributed by atoms with Crippen LogP contribution in [0.15, 0.2) is 46.1 Å². The summed E-state index contributed by atoms with van der Waals surface area (Å²) in [5.74, 6) is -0.625. The van der Waals surface area contributed by atoms with E-state index in [4.69, 9.17) is 9.47 Å². The Labute approximate surface area is 153 Å². The Morgan fingerprint density at radius 2 is 2.07 bits per heavy atom. The van der Waals surface area contributed by atoms with Crippen LogP contribution in [-0.4, -0.2) is 50.7 Å². The predicted octanol–water partition coefficient (Wildman–Crippen LogP) is -0.287. The molecule has 144 valence electrons. The molecular weight excluding hydrogens is 356 g/mol. The fraction of sp³-hybridized carbons (Fsp3) is 0.389. The molecule has 2 heterocycles. The van der Waals surface area contributed by atoms with E-state index < -0.39 is 48.4 Å². The first-order valence-electron chi connectivity index (χ1n) is 8.37. The van der Waals surface area contributed by atoms with E-state index in [1.54, 1.807) is 30.3 Å². The van der Waals surface area contributed by atoms with Crippen LogP contribution in [0.4, 0.5) is 0 Å². The number of hydrogen-bond acceptors (Lipinski definition) is 7. The zero-order valence-corrected chi connectivity index (χ0v) is 14.6. The third-order valence-electron chi connectivity index (χ3n) is 4.58. The van der Waals surface area contributed by atoms with E-state index in [0.717, 1.165) is 4.57 Å². The molecule has 0 unspecified atom stereocenters. The van der Waals surface area contributed by atoms with Crippen LogP contribution in [0.25, 0.3) is 0 Å². The van der Waals surface area contributed by atoms with Gasteiger partial charge in [-0.2, -0.15) is 0 Å². The van der Waals surface area contributed by atoms with Crippen LogP contribution in [0.5, 0.6) is 0 Å². The largest absolute Gasteiger partial charge is 0.459 e. The van der Waals surface area contributed by atoms with Crippen LogP contribution < -0.4 is 11.2 Å². The third-order valence-corrected chi connectivity index (χ3v) is 4.58. The number of ether oxygens (including phenoxy) is 2. The standard InChI is InChI=1S/C18H20N2O7/c1-11-8-20(17(25)19-15(11)23)14-7-13(22)18(9-21,27-14)10-26-16(24)12-5-3-2-4-6-12/h2-6,8,13-14,21-22H,7,9-10H2,1H3,(H,19,23,25)/t13-,14+,18-/m0/s1. The van der Waals surface area contributed by atoms with E-state index in [0.29, 0.717) is 11.1 Å². The van der Waals surface area contributed by atoms with Crippen molar-refractivity contribution in [3.8, 4) is 0 Å². The molecule has 1 aliphatic rings. The summed E-state index contributed by atoms with van der Waals surface area (Å²) in [6.07, 6.45) is -0.808. The molecule has 1 aromatic carbocycles. The van der Waals surface area contributed by atoms with Gasteiger partial charge in [0.2, 0.25) is 0 Å². The summed E-state index contributed by atoms with van der Waals surface area (Å²) in [5, 5.41) is 20.2. The Morgan fingerprint density at radius 3 is 2.74 bits per heavy atom. The summed E-state index contributed by atoms with van der Waals surface area (Å²) < 4.78 is 12.1. The zero-order valence-electron chi connectivity index (χ0n) is 14.6. The highest BCUT2D eigenvalue weighted by molar-refractivity contribution is 5.89. The summed E-state index contributed by atoms with van der Waals surface area (Å²) in [5.41, 5.74) is -2.16. The fourth-order valence-corrected chi connectivity index (χ4v) is 2.94. The highest BCUT2D eigenvalue weighted by Crippen LogP contribution is 2.36. The van der Waals surface area contributed by atoms with Gasteiger partial charge in [-0.3, -0.25) is 14.3 Å². The molecule has 0 saturated carbocycles. The number of aryl methyl sites for hydroxylation is 1. The van der Waals surface area contributed by atoms with Crippen LogP contribution in [0.1, 0.15) is 28.6 Å². The summed E-state index contributed by atoms with van der Waals surface area (Å²) in [6, 6.07) is 8.27.